The molecule has 0 aliphatic rings. The third kappa shape index (κ3) is 4.98. The number of nitrogens with one attached hydrogen (secondary N) is 1. The van der Waals surface area contributed by atoms with Gasteiger partial charge in [-0.25, -0.2) is 13.1 Å². The van der Waals surface area contributed by atoms with E-state index in [9.17, 15) is 8.42 Å². The Balaban J connectivity index is 2.76. The van der Waals surface area contributed by atoms with E-state index in [-0.39, 0.29) is 4.90 Å². The van der Waals surface area contributed by atoms with Crippen LogP contribution in [0.5, 0.6) is 0 Å². The van der Waals surface area contributed by atoms with Gasteiger partial charge in [0.25, 0.3) is 0 Å². The molecular weight excluding hydrogens is 286 g/mol. The first-order valence-electron chi connectivity index (χ1n) is 7.40. The van der Waals surface area contributed by atoms with Gasteiger partial charge < -0.3 is 10.6 Å². The number of sulfonamides is 1. The molecule has 1 unspecified atom stereocenters. The number of likely N-dealkylation sites (N-methyl/N-ethyl adjacent to an activating group) is 1. The number of nitrogen functional groups attached to an aromatic ring is 1. The van der Waals surface area contributed by atoms with E-state index in [0.29, 0.717) is 31.2 Å². The molecule has 21 heavy (non-hydrogen) atoms. The van der Waals surface area contributed by atoms with Gasteiger partial charge in [0.15, 0.2) is 0 Å². The zero-order chi connectivity index (χ0) is 16.0. The van der Waals surface area contributed by atoms with Crippen molar-refractivity contribution < 1.29 is 8.42 Å². The minimum Gasteiger partial charge on any atom is -0.399 e. The van der Waals surface area contributed by atoms with Crippen LogP contribution >= 0.6 is 0 Å². The molecule has 0 heterocycles. The minimum atomic E-state index is -3.51. The molecular formula is C15H27N3O2S. The normalized spacial score (nSPS) is 13.6. The van der Waals surface area contributed by atoms with Crippen molar-refractivity contribution in [3.8, 4) is 0 Å². The van der Waals surface area contributed by atoms with E-state index < -0.39 is 10.0 Å². The topological polar surface area (TPSA) is 75.4 Å². The summed E-state index contributed by atoms with van der Waals surface area (Å²) in [6.07, 6.45) is 1.70. The van der Waals surface area contributed by atoms with Gasteiger partial charge in [0.05, 0.1) is 4.90 Å². The van der Waals surface area contributed by atoms with E-state index >= 15 is 0 Å². The third-order valence-electron chi connectivity index (χ3n) is 3.86. The third-order valence-corrected chi connectivity index (χ3v) is 5.40. The second-order valence-corrected chi connectivity index (χ2v) is 7.09. The number of nitrogens with zero attached hydrogens (tertiary/aromatic N) is 1. The molecule has 0 fully saturated rings. The summed E-state index contributed by atoms with van der Waals surface area (Å²) in [4.78, 5) is 2.43. The van der Waals surface area contributed by atoms with Crippen molar-refractivity contribution >= 4 is 15.7 Å². The summed E-state index contributed by atoms with van der Waals surface area (Å²) in [7, 11) is -1.51. The number of aryl methyl sites for hydroxylation is 1. The fourth-order valence-electron chi connectivity index (χ4n) is 2.08. The van der Waals surface area contributed by atoms with Crippen LogP contribution in [0.3, 0.4) is 0 Å². The maximum absolute atomic E-state index is 12.4. The van der Waals surface area contributed by atoms with Gasteiger partial charge in [-0.15, -0.1) is 0 Å². The van der Waals surface area contributed by atoms with E-state index in [4.69, 9.17) is 5.73 Å². The smallest absolute Gasteiger partial charge is 0.240 e. The molecule has 120 valence electrons. The predicted octanol–water partition coefficient (Wildman–Crippen LogP) is 1.84. The lowest BCUT2D eigenvalue weighted by Gasteiger charge is -2.23. The van der Waals surface area contributed by atoms with Crippen LogP contribution in [0, 0.1) is 0 Å². The van der Waals surface area contributed by atoms with Crippen molar-refractivity contribution in [1.82, 2.24) is 9.62 Å². The molecule has 0 radical (unpaired) electrons. The Kier molecular flexibility index (Phi) is 6.64. The molecule has 0 aliphatic carbocycles. The number of rotatable bonds is 8. The summed E-state index contributed by atoms with van der Waals surface area (Å²) >= 11 is 0. The predicted molar refractivity (Wildman–Crippen MR) is 87.8 cm³/mol. The first kappa shape index (κ1) is 17.9. The Hall–Kier alpha value is -1.11. The fourth-order valence-corrected chi connectivity index (χ4v) is 3.44. The van der Waals surface area contributed by atoms with Gasteiger partial charge in [0.2, 0.25) is 10.0 Å². The van der Waals surface area contributed by atoms with Gasteiger partial charge in [-0.2, -0.15) is 0 Å². The fraction of sp³-hybridized carbons (Fsp3) is 0.600. The van der Waals surface area contributed by atoms with E-state index in [0.717, 1.165) is 12.0 Å². The van der Waals surface area contributed by atoms with Crippen LogP contribution in [0.4, 0.5) is 5.69 Å². The van der Waals surface area contributed by atoms with E-state index in [1.165, 1.54) is 6.07 Å². The summed E-state index contributed by atoms with van der Waals surface area (Å²) in [5, 5.41) is 0. The molecule has 0 saturated heterocycles. The van der Waals surface area contributed by atoms with Crippen molar-refractivity contribution in [2.24, 2.45) is 0 Å². The van der Waals surface area contributed by atoms with Gasteiger partial charge in [0, 0.05) is 24.8 Å². The molecule has 5 nitrogen and oxygen atoms in total. The average Bonchev–Trinajstić information content (AvgIpc) is 2.46. The molecule has 0 aromatic heterocycles. The van der Waals surface area contributed by atoms with E-state index in [1.54, 1.807) is 12.1 Å². The van der Waals surface area contributed by atoms with Crippen molar-refractivity contribution in [2.75, 3.05) is 25.9 Å². The van der Waals surface area contributed by atoms with Crippen LogP contribution in [0.15, 0.2) is 23.1 Å². The van der Waals surface area contributed by atoms with Crippen LogP contribution in [0.2, 0.25) is 0 Å². The first-order valence-corrected chi connectivity index (χ1v) is 8.88. The lowest BCUT2D eigenvalue weighted by atomic mass is 10.1. The number of nitrogens with two attached hydrogens (primary N) is 1. The Morgan fingerprint density at radius 2 is 2.00 bits per heavy atom. The largest absolute Gasteiger partial charge is 0.399 e. The lowest BCUT2D eigenvalue weighted by molar-refractivity contribution is 0.256. The van der Waals surface area contributed by atoms with Crippen LogP contribution < -0.4 is 10.5 Å². The summed E-state index contributed by atoms with van der Waals surface area (Å²) in [6.45, 7) is 7.24. The average molecular weight is 313 g/mol. The van der Waals surface area contributed by atoms with Gasteiger partial charge in [0.1, 0.15) is 0 Å². The maximum Gasteiger partial charge on any atom is 0.240 e. The number of hydrogen-bond acceptors (Lipinski definition) is 4. The Labute approximate surface area is 128 Å². The standard InChI is InChI=1S/C15H27N3O2S/c1-5-12(3)18(4)10-9-17-21(19,20)15-11-14(16)8-7-13(15)6-2/h7-8,11-12,17H,5-6,9-10,16H2,1-4H3. The zero-order valence-electron chi connectivity index (χ0n) is 13.4. The Morgan fingerprint density at radius 3 is 2.57 bits per heavy atom. The van der Waals surface area contributed by atoms with E-state index in [1.807, 2.05) is 14.0 Å². The maximum atomic E-state index is 12.4. The highest BCUT2D eigenvalue weighted by Crippen LogP contribution is 2.19. The van der Waals surface area contributed by atoms with Crippen molar-refractivity contribution in [1.29, 1.82) is 0 Å². The van der Waals surface area contributed by atoms with Gasteiger partial charge >= 0.3 is 0 Å². The highest BCUT2D eigenvalue weighted by molar-refractivity contribution is 7.89. The van der Waals surface area contributed by atoms with E-state index in [2.05, 4.69) is 23.5 Å². The van der Waals surface area contributed by atoms with Gasteiger partial charge in [-0.3, -0.25) is 0 Å². The summed E-state index contributed by atoms with van der Waals surface area (Å²) < 4.78 is 27.5. The SMILES string of the molecule is CCc1ccc(N)cc1S(=O)(=O)NCCN(C)C(C)CC. The number of hydrogen-bond donors (Lipinski definition) is 2. The van der Waals surface area contributed by atoms with Crippen molar-refractivity contribution in [3.05, 3.63) is 23.8 Å². The molecule has 0 bridgehead atoms. The molecule has 0 saturated carbocycles. The molecule has 0 aliphatic heterocycles. The minimum absolute atomic E-state index is 0.288. The molecule has 1 aromatic carbocycles. The molecule has 6 heteroatoms. The van der Waals surface area contributed by atoms with Crippen molar-refractivity contribution in [2.45, 2.75) is 44.6 Å². The van der Waals surface area contributed by atoms with Crippen molar-refractivity contribution in [3.63, 3.8) is 0 Å². The second kappa shape index (κ2) is 7.77. The first-order chi connectivity index (χ1) is 9.81. The number of benzene rings is 1. The molecule has 1 rings (SSSR count). The van der Waals surface area contributed by atoms with Crippen LogP contribution in [-0.4, -0.2) is 39.5 Å². The summed E-state index contributed by atoms with van der Waals surface area (Å²) in [5.74, 6) is 0. The van der Waals surface area contributed by atoms with Crippen LogP contribution in [0.1, 0.15) is 32.8 Å². The van der Waals surface area contributed by atoms with Crippen LogP contribution in [-0.2, 0) is 16.4 Å². The molecule has 1 aromatic rings. The molecule has 1 atom stereocenters. The lowest BCUT2D eigenvalue weighted by Crippen LogP contribution is -2.37. The molecule has 3 N–H and O–H groups in total. The molecule has 0 amide bonds. The highest BCUT2D eigenvalue weighted by atomic mass is 32.2. The zero-order valence-corrected chi connectivity index (χ0v) is 14.2. The highest BCUT2D eigenvalue weighted by Gasteiger charge is 2.18. The quantitative estimate of drug-likeness (QED) is 0.718. The Morgan fingerprint density at radius 1 is 1.33 bits per heavy atom. The molecule has 0 spiro atoms. The monoisotopic (exact) mass is 313 g/mol. The van der Waals surface area contributed by atoms with Gasteiger partial charge in [-0.1, -0.05) is 19.9 Å². The second-order valence-electron chi connectivity index (χ2n) is 5.36. The summed E-state index contributed by atoms with van der Waals surface area (Å²) in [6, 6.07) is 5.47. The van der Waals surface area contributed by atoms with Crippen LogP contribution in [0.25, 0.3) is 0 Å². The summed E-state index contributed by atoms with van der Waals surface area (Å²) in [5.41, 5.74) is 6.96. The Bertz CT molecular complexity index is 558. The van der Waals surface area contributed by atoms with Gasteiger partial charge in [-0.05, 0) is 44.5 Å². The number of anilines is 1.